The lowest BCUT2D eigenvalue weighted by atomic mass is 9.88. The Labute approximate surface area is 180 Å². The lowest BCUT2D eigenvalue weighted by molar-refractivity contribution is 0.0963. The first-order valence-corrected chi connectivity index (χ1v) is 10.9. The number of carbonyl (C=O) groups excluding carboxylic acids is 2. The van der Waals surface area contributed by atoms with E-state index < -0.39 is 0 Å². The fourth-order valence-corrected chi connectivity index (χ4v) is 5.11. The molecule has 2 N–H and O–H groups in total. The summed E-state index contributed by atoms with van der Waals surface area (Å²) in [5.74, 6) is 1.46. The van der Waals surface area contributed by atoms with E-state index in [4.69, 9.17) is 4.74 Å². The predicted molar refractivity (Wildman–Crippen MR) is 120 cm³/mol. The molecule has 6 heteroatoms. The summed E-state index contributed by atoms with van der Waals surface area (Å²) in [7, 11) is 1.62. The van der Waals surface area contributed by atoms with Crippen molar-refractivity contribution in [2.24, 2.45) is 5.92 Å². The molecule has 30 heavy (non-hydrogen) atoms. The van der Waals surface area contributed by atoms with Crippen LogP contribution in [0.25, 0.3) is 0 Å². The van der Waals surface area contributed by atoms with Crippen molar-refractivity contribution in [1.29, 1.82) is 0 Å². The number of carbonyl (C=O) groups is 2. The molecule has 0 spiro atoms. The van der Waals surface area contributed by atoms with Crippen molar-refractivity contribution in [3.8, 4) is 11.5 Å². The van der Waals surface area contributed by atoms with E-state index in [1.165, 1.54) is 16.2 Å². The Balaban J connectivity index is 1.58. The van der Waals surface area contributed by atoms with Gasteiger partial charge < -0.3 is 15.4 Å². The molecule has 4 rings (SSSR count). The number of rotatable bonds is 5. The van der Waals surface area contributed by atoms with E-state index in [0.29, 0.717) is 33.5 Å². The maximum atomic E-state index is 13.0. The van der Waals surface area contributed by atoms with Gasteiger partial charge in [0, 0.05) is 17.5 Å². The van der Waals surface area contributed by atoms with E-state index >= 15 is 0 Å². The van der Waals surface area contributed by atoms with Gasteiger partial charge in [-0.25, -0.2) is 0 Å². The highest BCUT2D eigenvalue weighted by Crippen LogP contribution is 2.40. The van der Waals surface area contributed by atoms with E-state index in [0.717, 1.165) is 24.8 Å². The van der Waals surface area contributed by atoms with Gasteiger partial charge in [-0.3, -0.25) is 9.59 Å². The second kappa shape index (κ2) is 8.71. The summed E-state index contributed by atoms with van der Waals surface area (Å²) < 4.78 is 5.84. The van der Waals surface area contributed by atoms with Crippen LogP contribution in [0.3, 0.4) is 0 Å². The molecule has 1 atom stereocenters. The second-order valence-corrected chi connectivity index (χ2v) is 8.64. The molecule has 2 aromatic carbocycles. The molecule has 0 aliphatic heterocycles. The summed E-state index contributed by atoms with van der Waals surface area (Å²) >= 11 is 1.52. The molecule has 1 aliphatic rings. The van der Waals surface area contributed by atoms with Gasteiger partial charge in [0.15, 0.2) is 0 Å². The Hall–Kier alpha value is -3.12. The number of fused-ring (bicyclic) bond motifs is 1. The van der Waals surface area contributed by atoms with Gasteiger partial charge in [0.1, 0.15) is 16.5 Å². The summed E-state index contributed by atoms with van der Waals surface area (Å²) in [6, 6.07) is 16.5. The molecule has 0 radical (unpaired) electrons. The van der Waals surface area contributed by atoms with E-state index in [1.54, 1.807) is 25.2 Å². The third kappa shape index (κ3) is 4.24. The molecular weight excluding hydrogens is 396 g/mol. The van der Waals surface area contributed by atoms with Crippen molar-refractivity contribution in [2.75, 3.05) is 12.4 Å². The van der Waals surface area contributed by atoms with Gasteiger partial charge >= 0.3 is 0 Å². The van der Waals surface area contributed by atoms with Crippen molar-refractivity contribution in [3.05, 3.63) is 76.2 Å². The van der Waals surface area contributed by atoms with Crippen molar-refractivity contribution in [1.82, 2.24) is 5.32 Å². The lowest BCUT2D eigenvalue weighted by Crippen LogP contribution is -2.22. The predicted octanol–water partition coefficient (Wildman–Crippen LogP) is 5.28. The highest BCUT2D eigenvalue weighted by atomic mass is 32.1. The second-order valence-electron chi connectivity index (χ2n) is 7.53. The molecule has 1 aliphatic carbocycles. The number of para-hydroxylation sites is 1. The van der Waals surface area contributed by atoms with Gasteiger partial charge in [-0.05, 0) is 61.1 Å². The van der Waals surface area contributed by atoms with Crippen molar-refractivity contribution < 1.29 is 14.3 Å². The highest BCUT2D eigenvalue weighted by molar-refractivity contribution is 7.17. The maximum Gasteiger partial charge on any atom is 0.256 e. The Morgan fingerprint density at radius 3 is 2.57 bits per heavy atom. The summed E-state index contributed by atoms with van der Waals surface area (Å²) in [4.78, 5) is 26.7. The van der Waals surface area contributed by atoms with Crippen molar-refractivity contribution in [2.45, 2.75) is 26.2 Å². The third-order valence-corrected chi connectivity index (χ3v) is 6.44. The first-order chi connectivity index (χ1) is 14.5. The Morgan fingerprint density at radius 1 is 1.03 bits per heavy atom. The largest absolute Gasteiger partial charge is 0.457 e. The van der Waals surface area contributed by atoms with Crippen LogP contribution < -0.4 is 15.4 Å². The number of thiophene rings is 1. The molecule has 0 fully saturated rings. The van der Waals surface area contributed by atoms with Crippen molar-refractivity contribution >= 4 is 28.2 Å². The smallest absolute Gasteiger partial charge is 0.256 e. The molecule has 3 aromatic rings. The Bertz CT molecular complexity index is 1080. The van der Waals surface area contributed by atoms with Gasteiger partial charge in [0.25, 0.3) is 11.8 Å². The van der Waals surface area contributed by atoms with E-state index in [9.17, 15) is 9.59 Å². The van der Waals surface area contributed by atoms with Crippen LogP contribution in [-0.4, -0.2) is 18.9 Å². The van der Waals surface area contributed by atoms with Crippen LogP contribution in [0.2, 0.25) is 0 Å². The number of hydrogen-bond acceptors (Lipinski definition) is 4. The van der Waals surface area contributed by atoms with Crippen LogP contribution in [-0.2, 0) is 12.8 Å². The SMILES string of the molecule is CNC(=O)c1c(NC(=O)c2cccc(Oc3ccccc3)c2)sc2c1CC[C@@H](C)C2. The molecule has 0 bridgehead atoms. The zero-order chi connectivity index (χ0) is 21.1. The standard InChI is InChI=1S/C24H24N2O3S/c1-15-11-12-19-20(13-15)30-24(21(19)23(28)25-2)26-22(27)16-7-6-10-18(14-16)29-17-8-4-3-5-9-17/h3-10,14-15H,11-13H2,1-2H3,(H,25,28)(H,26,27)/t15-/m1/s1. The molecule has 154 valence electrons. The minimum absolute atomic E-state index is 0.154. The zero-order valence-electron chi connectivity index (χ0n) is 17.0. The van der Waals surface area contributed by atoms with Crippen molar-refractivity contribution in [3.63, 3.8) is 0 Å². The molecular formula is C24H24N2O3S. The Kier molecular flexibility index (Phi) is 5.86. The van der Waals surface area contributed by atoms with Gasteiger partial charge in [0.05, 0.1) is 5.56 Å². The average molecular weight is 421 g/mol. The fraction of sp³-hybridized carbons (Fsp3) is 0.250. The molecule has 0 unspecified atom stereocenters. The first-order valence-electron chi connectivity index (χ1n) is 10.1. The minimum atomic E-state index is -0.259. The first kappa shape index (κ1) is 20.2. The third-order valence-electron chi connectivity index (χ3n) is 5.27. The normalized spacial score (nSPS) is 15.2. The van der Waals surface area contributed by atoms with Crippen LogP contribution in [0.5, 0.6) is 11.5 Å². The number of ether oxygens (including phenoxy) is 1. The van der Waals surface area contributed by atoms with Gasteiger partial charge in [-0.15, -0.1) is 11.3 Å². The number of hydrogen-bond donors (Lipinski definition) is 2. The van der Waals surface area contributed by atoms with E-state index in [-0.39, 0.29) is 11.8 Å². The summed E-state index contributed by atoms with van der Waals surface area (Å²) in [6.07, 6.45) is 2.87. The molecule has 0 saturated carbocycles. The van der Waals surface area contributed by atoms with Gasteiger partial charge in [0.2, 0.25) is 0 Å². The minimum Gasteiger partial charge on any atom is -0.457 e. The Morgan fingerprint density at radius 2 is 1.80 bits per heavy atom. The average Bonchev–Trinajstić information content (AvgIpc) is 3.10. The molecule has 1 heterocycles. The number of amides is 2. The van der Waals surface area contributed by atoms with Gasteiger partial charge in [-0.2, -0.15) is 0 Å². The van der Waals surface area contributed by atoms with Crippen LogP contribution in [0.4, 0.5) is 5.00 Å². The summed E-state index contributed by atoms with van der Waals surface area (Å²) in [5, 5.41) is 6.30. The van der Waals surface area contributed by atoms with Crippen LogP contribution >= 0.6 is 11.3 Å². The fourth-order valence-electron chi connectivity index (χ4n) is 3.70. The van der Waals surface area contributed by atoms with E-state index in [1.807, 2.05) is 36.4 Å². The summed E-state index contributed by atoms with van der Waals surface area (Å²) in [5.41, 5.74) is 2.16. The zero-order valence-corrected chi connectivity index (χ0v) is 17.8. The van der Waals surface area contributed by atoms with E-state index in [2.05, 4.69) is 17.6 Å². The van der Waals surface area contributed by atoms with Crippen LogP contribution in [0.1, 0.15) is 44.5 Å². The molecule has 0 saturated heterocycles. The quantitative estimate of drug-likeness (QED) is 0.590. The van der Waals surface area contributed by atoms with Gasteiger partial charge in [-0.1, -0.05) is 31.2 Å². The lowest BCUT2D eigenvalue weighted by Gasteiger charge is -2.18. The number of benzene rings is 2. The molecule has 2 amide bonds. The highest BCUT2D eigenvalue weighted by Gasteiger charge is 2.28. The topological polar surface area (TPSA) is 67.4 Å². The maximum absolute atomic E-state index is 13.0. The number of nitrogens with one attached hydrogen (secondary N) is 2. The summed E-state index contributed by atoms with van der Waals surface area (Å²) in [6.45, 7) is 2.22. The van der Waals surface area contributed by atoms with Crippen LogP contribution in [0, 0.1) is 5.92 Å². The number of anilines is 1. The molecule has 5 nitrogen and oxygen atoms in total. The molecule has 1 aromatic heterocycles. The monoisotopic (exact) mass is 420 g/mol. The van der Waals surface area contributed by atoms with Crippen LogP contribution in [0.15, 0.2) is 54.6 Å².